The lowest BCUT2D eigenvalue weighted by atomic mass is 9.72. The fourth-order valence-corrected chi connectivity index (χ4v) is 4.75. The first-order chi connectivity index (χ1) is 12.6. The number of hydrogen-bond acceptors (Lipinski definition) is 3. The van der Waals surface area contributed by atoms with Crippen molar-refractivity contribution in [3.05, 3.63) is 71.0 Å². The Bertz CT molecular complexity index is 816. The van der Waals surface area contributed by atoms with Crippen LogP contribution in [0.15, 0.2) is 48.5 Å². The topological polar surface area (TPSA) is 47.3 Å². The molecular formula is C22H23FN2O. The molecule has 1 N–H and O–H groups in total. The van der Waals surface area contributed by atoms with Crippen molar-refractivity contribution in [2.75, 3.05) is 0 Å². The molecule has 2 fully saturated rings. The Kier molecular flexibility index (Phi) is 4.52. The normalized spacial score (nSPS) is 28.5. The number of piperidine rings is 2. The van der Waals surface area contributed by atoms with Crippen molar-refractivity contribution >= 4 is 0 Å². The second-order valence-corrected chi connectivity index (χ2v) is 7.64. The lowest BCUT2D eigenvalue weighted by molar-refractivity contribution is -0.101. The summed E-state index contributed by atoms with van der Waals surface area (Å²) >= 11 is 0. The average molecular weight is 350 g/mol. The van der Waals surface area contributed by atoms with Crippen LogP contribution in [0.1, 0.15) is 48.8 Å². The van der Waals surface area contributed by atoms with Gasteiger partial charge >= 0.3 is 0 Å². The van der Waals surface area contributed by atoms with E-state index in [1.54, 1.807) is 12.1 Å². The summed E-state index contributed by atoms with van der Waals surface area (Å²) in [5.74, 6) is -0.471. The predicted molar refractivity (Wildman–Crippen MR) is 97.7 cm³/mol. The van der Waals surface area contributed by atoms with Crippen molar-refractivity contribution in [1.29, 1.82) is 5.26 Å². The zero-order valence-electron chi connectivity index (χ0n) is 14.7. The Morgan fingerprint density at radius 1 is 1.12 bits per heavy atom. The highest BCUT2D eigenvalue weighted by atomic mass is 19.1. The highest BCUT2D eigenvalue weighted by Crippen LogP contribution is 2.45. The maximum absolute atomic E-state index is 14.6. The van der Waals surface area contributed by atoms with Crippen molar-refractivity contribution in [1.82, 2.24) is 4.90 Å². The van der Waals surface area contributed by atoms with E-state index in [1.807, 2.05) is 12.1 Å². The molecule has 2 heterocycles. The van der Waals surface area contributed by atoms with Crippen LogP contribution in [0.5, 0.6) is 0 Å². The van der Waals surface area contributed by atoms with E-state index in [-0.39, 0.29) is 17.6 Å². The van der Waals surface area contributed by atoms with Crippen LogP contribution < -0.4 is 0 Å². The molecule has 0 spiro atoms. The van der Waals surface area contributed by atoms with Gasteiger partial charge in [0, 0.05) is 24.2 Å². The van der Waals surface area contributed by atoms with E-state index >= 15 is 0 Å². The molecule has 4 rings (SSSR count). The zero-order chi connectivity index (χ0) is 18.1. The van der Waals surface area contributed by atoms with E-state index in [1.165, 1.54) is 11.6 Å². The Labute approximate surface area is 153 Å². The van der Waals surface area contributed by atoms with E-state index < -0.39 is 11.4 Å². The molecule has 2 aromatic rings. The van der Waals surface area contributed by atoms with Crippen LogP contribution >= 0.6 is 0 Å². The largest absolute Gasteiger partial charge is 0.385 e. The van der Waals surface area contributed by atoms with Crippen LogP contribution in [-0.4, -0.2) is 22.1 Å². The minimum absolute atomic E-state index is 0.253. The van der Waals surface area contributed by atoms with Crippen molar-refractivity contribution < 1.29 is 9.50 Å². The SMILES string of the molecule is N#Cc1ccc(C2(O)CC3CCCC(C2)N3Cc2ccccc2)c(F)c1. The first-order valence-corrected chi connectivity index (χ1v) is 9.31. The van der Waals surface area contributed by atoms with Crippen molar-refractivity contribution in [3.63, 3.8) is 0 Å². The molecule has 0 aliphatic carbocycles. The van der Waals surface area contributed by atoms with E-state index in [0.717, 1.165) is 25.8 Å². The predicted octanol–water partition coefficient (Wildman–Crippen LogP) is 4.10. The van der Waals surface area contributed by atoms with Gasteiger partial charge in [-0.3, -0.25) is 4.90 Å². The molecule has 2 aromatic carbocycles. The van der Waals surface area contributed by atoms with Crippen LogP contribution in [0.3, 0.4) is 0 Å². The maximum Gasteiger partial charge on any atom is 0.130 e. The van der Waals surface area contributed by atoms with Crippen LogP contribution in [0.2, 0.25) is 0 Å². The molecule has 4 heteroatoms. The summed E-state index contributed by atoms with van der Waals surface area (Å²) in [5, 5.41) is 20.3. The van der Waals surface area contributed by atoms with Crippen molar-refractivity contribution in [2.45, 2.75) is 56.3 Å². The van der Waals surface area contributed by atoms with Gasteiger partial charge in [0.15, 0.2) is 0 Å². The first-order valence-electron chi connectivity index (χ1n) is 9.31. The fraction of sp³-hybridized carbons (Fsp3) is 0.409. The van der Waals surface area contributed by atoms with Crippen LogP contribution in [-0.2, 0) is 12.1 Å². The third-order valence-corrected chi connectivity index (χ3v) is 5.97. The molecule has 3 nitrogen and oxygen atoms in total. The monoisotopic (exact) mass is 350 g/mol. The van der Waals surface area contributed by atoms with Crippen LogP contribution in [0.4, 0.5) is 4.39 Å². The third kappa shape index (κ3) is 3.13. The van der Waals surface area contributed by atoms with Gasteiger partial charge in [0.25, 0.3) is 0 Å². The van der Waals surface area contributed by atoms with Crippen LogP contribution in [0, 0.1) is 17.1 Å². The van der Waals surface area contributed by atoms with Gasteiger partial charge in [-0.2, -0.15) is 5.26 Å². The summed E-state index contributed by atoms with van der Waals surface area (Å²) in [6.07, 6.45) is 4.30. The summed E-state index contributed by atoms with van der Waals surface area (Å²) in [5.41, 5.74) is 0.754. The minimum Gasteiger partial charge on any atom is -0.385 e. The number of nitriles is 1. The lowest BCUT2D eigenvalue weighted by Crippen LogP contribution is -2.56. The Morgan fingerprint density at radius 2 is 1.81 bits per heavy atom. The van der Waals surface area contributed by atoms with E-state index in [4.69, 9.17) is 5.26 Å². The Morgan fingerprint density at radius 3 is 2.42 bits per heavy atom. The number of fused-ring (bicyclic) bond motifs is 2. The van der Waals surface area contributed by atoms with E-state index in [0.29, 0.717) is 18.4 Å². The van der Waals surface area contributed by atoms with Gasteiger partial charge in [-0.15, -0.1) is 0 Å². The van der Waals surface area contributed by atoms with Gasteiger partial charge in [0.05, 0.1) is 17.2 Å². The Balaban J connectivity index is 1.60. The lowest BCUT2D eigenvalue weighted by Gasteiger charge is -2.52. The zero-order valence-corrected chi connectivity index (χ0v) is 14.7. The second-order valence-electron chi connectivity index (χ2n) is 7.64. The molecule has 2 aliphatic heterocycles. The molecule has 0 amide bonds. The molecular weight excluding hydrogens is 327 g/mol. The number of halogens is 1. The number of hydrogen-bond donors (Lipinski definition) is 1. The molecule has 2 unspecified atom stereocenters. The van der Waals surface area contributed by atoms with E-state index in [9.17, 15) is 9.50 Å². The highest BCUT2D eigenvalue weighted by molar-refractivity contribution is 5.36. The van der Waals surface area contributed by atoms with Gasteiger partial charge in [-0.25, -0.2) is 4.39 Å². The van der Waals surface area contributed by atoms with Gasteiger partial charge in [0.1, 0.15) is 5.82 Å². The van der Waals surface area contributed by atoms with Gasteiger partial charge < -0.3 is 5.11 Å². The van der Waals surface area contributed by atoms with Gasteiger partial charge in [-0.05, 0) is 43.4 Å². The second kappa shape index (κ2) is 6.83. The molecule has 26 heavy (non-hydrogen) atoms. The molecule has 2 aliphatic rings. The van der Waals surface area contributed by atoms with Crippen molar-refractivity contribution in [3.8, 4) is 6.07 Å². The molecule has 0 saturated carbocycles. The molecule has 0 radical (unpaired) electrons. The summed E-state index contributed by atoms with van der Waals surface area (Å²) < 4.78 is 14.6. The first kappa shape index (κ1) is 17.2. The summed E-state index contributed by atoms with van der Waals surface area (Å²) in [4.78, 5) is 2.49. The van der Waals surface area contributed by atoms with E-state index in [2.05, 4.69) is 29.2 Å². The number of aliphatic hydroxyl groups is 1. The highest BCUT2D eigenvalue weighted by Gasteiger charge is 2.47. The molecule has 2 atom stereocenters. The molecule has 2 bridgehead atoms. The number of rotatable bonds is 3. The number of benzene rings is 2. The average Bonchev–Trinajstić information content (AvgIpc) is 2.63. The fourth-order valence-electron chi connectivity index (χ4n) is 4.75. The standard InChI is InChI=1S/C22H23FN2O/c23-21-11-17(14-24)9-10-20(21)22(26)12-18-7-4-8-19(13-22)25(18)15-16-5-2-1-3-6-16/h1-3,5-6,9-11,18-19,26H,4,7-8,12-13,15H2. The maximum atomic E-state index is 14.6. The summed E-state index contributed by atoms with van der Waals surface area (Å²) in [6.45, 7) is 0.877. The smallest absolute Gasteiger partial charge is 0.130 e. The molecule has 134 valence electrons. The minimum atomic E-state index is -1.15. The molecule has 0 aromatic heterocycles. The van der Waals surface area contributed by atoms with Gasteiger partial charge in [-0.1, -0.05) is 42.8 Å². The third-order valence-electron chi connectivity index (χ3n) is 5.97. The summed E-state index contributed by atoms with van der Waals surface area (Å²) in [6, 6.07) is 17.3. The molecule has 2 saturated heterocycles. The van der Waals surface area contributed by atoms with Crippen molar-refractivity contribution in [2.24, 2.45) is 0 Å². The van der Waals surface area contributed by atoms with Crippen LogP contribution in [0.25, 0.3) is 0 Å². The van der Waals surface area contributed by atoms with Gasteiger partial charge in [0.2, 0.25) is 0 Å². The quantitative estimate of drug-likeness (QED) is 0.906. The Hall–Kier alpha value is -2.22. The summed E-state index contributed by atoms with van der Waals surface area (Å²) in [7, 11) is 0. The number of nitrogens with zero attached hydrogens (tertiary/aromatic N) is 2.